The molecule has 0 saturated heterocycles. The van der Waals surface area contributed by atoms with Gasteiger partial charge in [0.1, 0.15) is 11.9 Å². The fraction of sp³-hybridized carbons (Fsp3) is 0.419. The standard InChI is InChI=1S/C31H37N5O4/c1-4-21(5-2)27-18-28(33-32-27)24-10-8-22(9-11-24)23-12-16-26(17-13-23)40-30-29(31(37)38)34-35-36(30)19-20-6-14-25(39-3)15-7-20/h6-11,14-15,18,21,23,26H,4-5,12-13,16-17,19H2,1-3H3,(H,32,33)(H,37,38). The zero-order chi connectivity index (χ0) is 28.1. The van der Waals surface area contributed by atoms with Crippen molar-refractivity contribution in [2.45, 2.75) is 76.9 Å². The molecule has 1 fully saturated rings. The van der Waals surface area contributed by atoms with Crippen LogP contribution in [0, 0.1) is 0 Å². The van der Waals surface area contributed by atoms with Crippen molar-refractivity contribution < 1.29 is 19.4 Å². The van der Waals surface area contributed by atoms with Gasteiger partial charge in [0, 0.05) is 17.2 Å². The average molecular weight is 544 g/mol. The van der Waals surface area contributed by atoms with E-state index in [2.05, 4.69) is 64.7 Å². The van der Waals surface area contributed by atoms with Gasteiger partial charge < -0.3 is 14.6 Å². The Morgan fingerprint density at radius 1 is 1.05 bits per heavy atom. The summed E-state index contributed by atoms with van der Waals surface area (Å²) in [6.07, 6.45) is 5.70. The first-order valence-electron chi connectivity index (χ1n) is 14.1. The molecule has 0 atom stereocenters. The Hall–Kier alpha value is -4.14. The number of rotatable bonds is 11. The fourth-order valence-electron chi connectivity index (χ4n) is 5.58. The molecular formula is C31H37N5O4. The summed E-state index contributed by atoms with van der Waals surface area (Å²) in [5.74, 6) is 0.774. The summed E-state index contributed by atoms with van der Waals surface area (Å²) < 4.78 is 13.0. The van der Waals surface area contributed by atoms with E-state index in [0.29, 0.717) is 18.4 Å². The molecule has 1 saturated carbocycles. The van der Waals surface area contributed by atoms with Gasteiger partial charge in [-0.2, -0.15) is 5.10 Å². The van der Waals surface area contributed by atoms with Crippen LogP contribution in [0.1, 0.15) is 91.5 Å². The lowest BCUT2D eigenvalue weighted by atomic mass is 9.82. The minimum Gasteiger partial charge on any atom is -0.497 e. The number of benzene rings is 2. The molecule has 0 bridgehead atoms. The molecule has 1 aliphatic carbocycles. The summed E-state index contributed by atoms with van der Waals surface area (Å²) in [4.78, 5) is 11.8. The Labute approximate surface area is 234 Å². The average Bonchev–Trinajstić information content (AvgIpc) is 3.63. The molecule has 0 unspecified atom stereocenters. The van der Waals surface area contributed by atoms with E-state index in [1.807, 2.05) is 24.3 Å². The van der Waals surface area contributed by atoms with Crippen molar-refractivity contribution in [2.24, 2.45) is 0 Å². The van der Waals surface area contributed by atoms with E-state index < -0.39 is 5.97 Å². The van der Waals surface area contributed by atoms with Crippen LogP contribution in [0.25, 0.3) is 11.3 Å². The predicted molar refractivity (Wildman–Crippen MR) is 152 cm³/mol. The van der Waals surface area contributed by atoms with Gasteiger partial charge in [-0.3, -0.25) is 5.10 Å². The number of ether oxygens (including phenoxy) is 2. The van der Waals surface area contributed by atoms with Crippen molar-refractivity contribution in [3.05, 3.63) is 77.1 Å². The van der Waals surface area contributed by atoms with Crippen molar-refractivity contribution in [1.29, 1.82) is 0 Å². The summed E-state index contributed by atoms with van der Waals surface area (Å²) in [6, 6.07) is 18.5. The Bertz CT molecular complexity index is 1400. The minimum absolute atomic E-state index is 0.0886. The van der Waals surface area contributed by atoms with Gasteiger partial charge in [-0.1, -0.05) is 55.5 Å². The number of aromatic carboxylic acids is 1. The van der Waals surface area contributed by atoms with Gasteiger partial charge >= 0.3 is 5.97 Å². The highest BCUT2D eigenvalue weighted by Crippen LogP contribution is 2.36. The van der Waals surface area contributed by atoms with Gasteiger partial charge in [0.05, 0.1) is 19.3 Å². The number of H-pyrrole nitrogens is 1. The Morgan fingerprint density at radius 3 is 2.38 bits per heavy atom. The number of carboxylic acid groups (broad SMARTS) is 1. The maximum Gasteiger partial charge on any atom is 0.362 e. The highest BCUT2D eigenvalue weighted by atomic mass is 16.5. The molecule has 0 spiro atoms. The number of nitrogens with one attached hydrogen (secondary N) is 1. The second-order valence-corrected chi connectivity index (χ2v) is 10.5. The maximum atomic E-state index is 11.8. The molecule has 0 amide bonds. The summed E-state index contributed by atoms with van der Waals surface area (Å²) in [5, 5.41) is 25.4. The van der Waals surface area contributed by atoms with E-state index in [4.69, 9.17) is 9.47 Å². The summed E-state index contributed by atoms with van der Waals surface area (Å²) in [5.41, 5.74) is 5.41. The van der Waals surface area contributed by atoms with E-state index in [1.54, 1.807) is 7.11 Å². The first kappa shape index (κ1) is 27.4. The number of carbonyl (C=O) groups is 1. The van der Waals surface area contributed by atoms with Gasteiger partial charge in [0.25, 0.3) is 0 Å². The molecule has 5 rings (SSSR count). The second-order valence-electron chi connectivity index (χ2n) is 10.5. The second kappa shape index (κ2) is 12.4. The quantitative estimate of drug-likeness (QED) is 0.224. The van der Waals surface area contributed by atoms with Gasteiger partial charge in [0.15, 0.2) is 0 Å². The Balaban J connectivity index is 1.21. The zero-order valence-electron chi connectivity index (χ0n) is 23.3. The van der Waals surface area contributed by atoms with Crippen LogP contribution < -0.4 is 9.47 Å². The first-order valence-corrected chi connectivity index (χ1v) is 14.1. The molecule has 4 aromatic rings. The predicted octanol–water partition coefficient (Wildman–Crippen LogP) is 6.43. The van der Waals surface area contributed by atoms with Crippen LogP contribution in [-0.4, -0.2) is 49.5 Å². The highest BCUT2D eigenvalue weighted by Gasteiger charge is 2.28. The van der Waals surface area contributed by atoms with Gasteiger partial charge in [-0.05, 0) is 73.8 Å². The van der Waals surface area contributed by atoms with E-state index in [-0.39, 0.29) is 17.7 Å². The number of methoxy groups -OCH3 is 1. The van der Waals surface area contributed by atoms with E-state index in [1.165, 1.54) is 15.9 Å². The van der Waals surface area contributed by atoms with Gasteiger partial charge in [0.2, 0.25) is 11.6 Å². The number of carboxylic acids is 1. The van der Waals surface area contributed by atoms with Gasteiger partial charge in [-0.15, -0.1) is 5.10 Å². The Kier molecular flexibility index (Phi) is 8.48. The third kappa shape index (κ3) is 6.03. The molecule has 40 heavy (non-hydrogen) atoms. The lowest BCUT2D eigenvalue weighted by Crippen LogP contribution is -2.25. The normalized spacial score (nSPS) is 17.2. The lowest BCUT2D eigenvalue weighted by Gasteiger charge is -2.29. The van der Waals surface area contributed by atoms with E-state index >= 15 is 0 Å². The smallest absolute Gasteiger partial charge is 0.362 e. The molecular weight excluding hydrogens is 506 g/mol. The SMILES string of the molecule is CCC(CC)c1cc(-c2ccc(C3CCC(Oc4c(C(=O)O)nnn4Cc4ccc(OC)cc4)CC3)cc2)n[nH]1. The van der Waals surface area contributed by atoms with Gasteiger partial charge in [-0.25, -0.2) is 9.48 Å². The summed E-state index contributed by atoms with van der Waals surface area (Å²) >= 11 is 0. The van der Waals surface area contributed by atoms with Crippen LogP contribution in [-0.2, 0) is 6.54 Å². The molecule has 210 valence electrons. The minimum atomic E-state index is -1.14. The van der Waals surface area contributed by atoms with E-state index in [9.17, 15) is 9.90 Å². The highest BCUT2D eigenvalue weighted by molar-refractivity contribution is 5.87. The van der Waals surface area contributed by atoms with Crippen molar-refractivity contribution in [3.8, 4) is 22.9 Å². The fourth-order valence-corrected chi connectivity index (χ4v) is 5.58. The molecule has 0 radical (unpaired) electrons. The van der Waals surface area contributed by atoms with Crippen molar-refractivity contribution >= 4 is 5.97 Å². The number of hydrogen-bond donors (Lipinski definition) is 2. The summed E-state index contributed by atoms with van der Waals surface area (Å²) in [7, 11) is 1.62. The van der Waals surface area contributed by atoms with Crippen LogP contribution >= 0.6 is 0 Å². The number of hydrogen-bond acceptors (Lipinski definition) is 6. The molecule has 2 heterocycles. The Morgan fingerprint density at radius 2 is 1.75 bits per heavy atom. The van der Waals surface area contributed by atoms with Crippen molar-refractivity contribution in [1.82, 2.24) is 25.2 Å². The molecule has 2 aromatic heterocycles. The molecule has 1 aliphatic rings. The largest absolute Gasteiger partial charge is 0.497 e. The summed E-state index contributed by atoms with van der Waals surface area (Å²) in [6.45, 7) is 4.78. The third-order valence-corrected chi connectivity index (χ3v) is 8.04. The maximum absolute atomic E-state index is 11.8. The molecule has 9 heteroatoms. The van der Waals surface area contributed by atoms with Crippen LogP contribution in [0.4, 0.5) is 0 Å². The molecule has 2 aromatic carbocycles. The number of aromatic nitrogens is 5. The zero-order valence-corrected chi connectivity index (χ0v) is 23.3. The molecule has 2 N–H and O–H groups in total. The molecule has 9 nitrogen and oxygen atoms in total. The number of aromatic amines is 1. The monoisotopic (exact) mass is 543 g/mol. The third-order valence-electron chi connectivity index (χ3n) is 8.04. The van der Waals surface area contributed by atoms with Crippen LogP contribution in [0.5, 0.6) is 11.6 Å². The number of nitrogens with zero attached hydrogens (tertiary/aromatic N) is 4. The van der Waals surface area contributed by atoms with Crippen molar-refractivity contribution in [3.63, 3.8) is 0 Å². The van der Waals surface area contributed by atoms with Crippen LogP contribution in [0.3, 0.4) is 0 Å². The molecule has 0 aliphatic heterocycles. The van der Waals surface area contributed by atoms with Crippen molar-refractivity contribution in [2.75, 3.05) is 7.11 Å². The van der Waals surface area contributed by atoms with Crippen LogP contribution in [0.2, 0.25) is 0 Å². The topological polar surface area (TPSA) is 115 Å². The first-order chi connectivity index (χ1) is 19.5. The van der Waals surface area contributed by atoms with Crippen LogP contribution in [0.15, 0.2) is 54.6 Å². The van der Waals surface area contributed by atoms with E-state index in [0.717, 1.165) is 61.1 Å². The lowest BCUT2D eigenvalue weighted by molar-refractivity contribution is 0.0676.